The van der Waals surface area contributed by atoms with E-state index in [-0.39, 0.29) is 67.4 Å². The fourth-order valence-corrected chi connectivity index (χ4v) is 4.46. The van der Waals surface area contributed by atoms with Crippen molar-refractivity contribution in [1.29, 1.82) is 0 Å². The molecular formula is C24H8BF12Li. The molecule has 4 aromatic carbocycles. The van der Waals surface area contributed by atoms with Gasteiger partial charge in [-0.3, -0.25) is 0 Å². The second-order valence-electron chi connectivity index (χ2n) is 8.06. The fraction of sp³-hybridized carbons (Fsp3) is 0. The monoisotopic (exact) mass is 542 g/mol. The Morgan fingerprint density at radius 1 is 0.289 bits per heavy atom. The van der Waals surface area contributed by atoms with Crippen LogP contribution in [0.5, 0.6) is 0 Å². The van der Waals surface area contributed by atoms with Crippen molar-refractivity contribution in [1.82, 2.24) is 0 Å². The van der Waals surface area contributed by atoms with Gasteiger partial charge in [0.2, 0.25) is 0 Å². The Morgan fingerprint density at radius 3 is 0.553 bits per heavy atom. The van der Waals surface area contributed by atoms with E-state index in [1.165, 1.54) is 0 Å². The van der Waals surface area contributed by atoms with Crippen molar-refractivity contribution in [2.24, 2.45) is 0 Å². The smallest absolute Gasteiger partial charge is 0.204 e. The predicted octanol–water partition coefficient (Wildman–Crippen LogP) is 1.74. The van der Waals surface area contributed by atoms with Crippen molar-refractivity contribution in [3.8, 4) is 0 Å². The van der Waals surface area contributed by atoms with E-state index in [1.807, 2.05) is 0 Å². The molecule has 0 saturated carbocycles. The van der Waals surface area contributed by atoms with Gasteiger partial charge in [-0.25, -0.2) is 52.7 Å². The summed E-state index contributed by atoms with van der Waals surface area (Å²) in [5, 5.41) is 0. The predicted molar refractivity (Wildman–Crippen MR) is 110 cm³/mol. The largest absolute Gasteiger partial charge is 1.00 e. The summed E-state index contributed by atoms with van der Waals surface area (Å²) in [6.45, 7) is 0. The standard InChI is InChI=1S/C24H8BF12.Li/c26-13-1-9(2-14(27)21(13)34)25(10-3-15(28)22(35)16(29)4-10,11-5-17(30)23(36)18(31)6-11)12-7-19(32)24(37)20(33)8-12;/h1-8H;/q-1;+1. The zero-order valence-corrected chi connectivity index (χ0v) is 18.7. The van der Waals surface area contributed by atoms with E-state index in [1.54, 1.807) is 0 Å². The van der Waals surface area contributed by atoms with Crippen LogP contribution in [0.1, 0.15) is 0 Å². The molecule has 0 atom stereocenters. The minimum absolute atomic E-state index is 0. The Balaban J connectivity index is 0.00000400. The molecule has 0 aliphatic rings. The van der Waals surface area contributed by atoms with Crippen LogP contribution >= 0.6 is 0 Å². The van der Waals surface area contributed by atoms with Crippen LogP contribution in [0, 0.1) is 69.8 Å². The van der Waals surface area contributed by atoms with Crippen molar-refractivity contribution < 1.29 is 71.5 Å². The third-order valence-corrected chi connectivity index (χ3v) is 6.02. The van der Waals surface area contributed by atoms with E-state index in [0.717, 1.165) is 0 Å². The Morgan fingerprint density at radius 2 is 0.421 bits per heavy atom. The quantitative estimate of drug-likeness (QED) is 0.210. The first-order chi connectivity index (χ1) is 17.3. The van der Waals surface area contributed by atoms with Crippen molar-refractivity contribution in [2.75, 3.05) is 0 Å². The molecule has 0 fully saturated rings. The molecule has 4 aromatic rings. The van der Waals surface area contributed by atoms with Crippen LogP contribution in [0.4, 0.5) is 52.7 Å². The Labute approximate surface area is 218 Å². The van der Waals surface area contributed by atoms with Crippen LogP contribution in [0.3, 0.4) is 0 Å². The molecule has 0 nitrogen and oxygen atoms in total. The Hall–Kier alpha value is -3.30. The van der Waals surface area contributed by atoms with Crippen LogP contribution in [0.15, 0.2) is 48.5 Å². The molecule has 38 heavy (non-hydrogen) atoms. The Bertz CT molecular complexity index is 1240. The molecule has 0 amide bonds. The van der Waals surface area contributed by atoms with Gasteiger partial charge in [-0.2, -0.15) is 21.9 Å². The molecule has 0 unspecified atom stereocenters. The molecule has 0 aromatic heterocycles. The summed E-state index contributed by atoms with van der Waals surface area (Å²) in [6, 6.07) is 1.41. The number of benzene rings is 4. The van der Waals surface area contributed by atoms with E-state index in [2.05, 4.69) is 0 Å². The molecule has 14 heteroatoms. The second kappa shape index (κ2) is 10.5. The zero-order chi connectivity index (χ0) is 27.4. The summed E-state index contributed by atoms with van der Waals surface area (Å²) < 4.78 is 170. The minimum Gasteiger partial charge on any atom is -0.204 e. The summed E-state index contributed by atoms with van der Waals surface area (Å²) in [6.07, 6.45) is -4.01. The molecule has 0 N–H and O–H groups in total. The molecule has 0 aliphatic carbocycles. The molecule has 0 aliphatic heterocycles. The van der Waals surface area contributed by atoms with Crippen LogP contribution < -0.4 is 40.7 Å². The number of hydrogen-bond acceptors (Lipinski definition) is 0. The van der Waals surface area contributed by atoms with E-state index in [0.29, 0.717) is 0 Å². The van der Waals surface area contributed by atoms with E-state index < -0.39 is 97.8 Å². The van der Waals surface area contributed by atoms with Crippen LogP contribution in [-0.4, -0.2) is 6.15 Å². The van der Waals surface area contributed by atoms with E-state index in [9.17, 15) is 52.7 Å². The van der Waals surface area contributed by atoms with Crippen LogP contribution in [-0.2, 0) is 0 Å². The summed E-state index contributed by atoms with van der Waals surface area (Å²) in [7, 11) is 0. The minimum atomic E-state index is -4.01. The first kappa shape index (κ1) is 29.3. The summed E-state index contributed by atoms with van der Waals surface area (Å²) in [5.41, 5.74) is -3.79. The molecule has 192 valence electrons. The van der Waals surface area contributed by atoms with Crippen LogP contribution in [0.25, 0.3) is 0 Å². The third-order valence-electron chi connectivity index (χ3n) is 6.02. The first-order valence-corrected chi connectivity index (χ1v) is 10.0. The van der Waals surface area contributed by atoms with Crippen molar-refractivity contribution in [2.45, 2.75) is 0 Å². The number of rotatable bonds is 4. The third kappa shape index (κ3) is 4.58. The average Bonchev–Trinajstić information content (AvgIpc) is 2.83. The van der Waals surface area contributed by atoms with Gasteiger partial charge in [0, 0.05) is 0 Å². The molecule has 0 heterocycles. The molecule has 0 saturated heterocycles. The van der Waals surface area contributed by atoms with Gasteiger partial charge in [0.05, 0.1) is 0 Å². The second-order valence-corrected chi connectivity index (χ2v) is 8.06. The van der Waals surface area contributed by atoms with Gasteiger partial charge >= 0.3 is 18.9 Å². The molecule has 0 radical (unpaired) electrons. The van der Waals surface area contributed by atoms with Gasteiger partial charge in [-0.05, 0) is 0 Å². The van der Waals surface area contributed by atoms with E-state index >= 15 is 0 Å². The first-order valence-electron chi connectivity index (χ1n) is 10.0. The molecule has 4 rings (SSSR count). The SMILES string of the molecule is Fc1cc([B-](c2cc(F)c(F)c(F)c2)(c2cc(F)c(F)c(F)c2)c2cc(F)c(F)c(F)c2)cc(F)c1F.[Li+]. The van der Waals surface area contributed by atoms with Gasteiger partial charge in [-0.15, -0.1) is 0 Å². The molecule has 0 bridgehead atoms. The summed E-state index contributed by atoms with van der Waals surface area (Å²) >= 11 is 0. The maximum absolute atomic E-state index is 14.4. The molecular weight excluding hydrogens is 534 g/mol. The number of hydrogen-bond donors (Lipinski definition) is 0. The number of halogens is 12. The summed E-state index contributed by atoms with van der Waals surface area (Å²) in [4.78, 5) is 0. The maximum Gasteiger partial charge on any atom is 1.00 e. The summed E-state index contributed by atoms with van der Waals surface area (Å²) in [5.74, 6) is -24.0. The van der Waals surface area contributed by atoms with Gasteiger partial charge in [0.1, 0.15) is 6.15 Å². The van der Waals surface area contributed by atoms with Gasteiger partial charge < -0.3 is 0 Å². The fourth-order valence-electron chi connectivity index (χ4n) is 4.46. The Kier molecular flexibility index (Phi) is 8.05. The van der Waals surface area contributed by atoms with Crippen molar-refractivity contribution in [3.63, 3.8) is 0 Å². The van der Waals surface area contributed by atoms with Gasteiger partial charge in [0.25, 0.3) is 0 Å². The average molecular weight is 542 g/mol. The molecule has 0 spiro atoms. The zero-order valence-electron chi connectivity index (χ0n) is 18.7. The maximum atomic E-state index is 14.4. The van der Waals surface area contributed by atoms with Crippen molar-refractivity contribution in [3.05, 3.63) is 118 Å². The van der Waals surface area contributed by atoms with Gasteiger partial charge in [0.15, 0.2) is 69.8 Å². The van der Waals surface area contributed by atoms with Crippen LogP contribution in [0.2, 0.25) is 0 Å². The van der Waals surface area contributed by atoms with Gasteiger partial charge in [-0.1, -0.05) is 48.5 Å². The normalized spacial score (nSPS) is 11.5. The topological polar surface area (TPSA) is 0 Å². The van der Waals surface area contributed by atoms with Crippen molar-refractivity contribution >= 4 is 28.0 Å². The van der Waals surface area contributed by atoms with E-state index in [4.69, 9.17) is 0 Å².